The molecule has 3 rings (SSSR count). The van der Waals surface area contributed by atoms with Crippen molar-refractivity contribution in [2.75, 3.05) is 35.2 Å². The third-order valence-electron chi connectivity index (χ3n) is 4.54. The minimum atomic E-state index is -0.249. The lowest BCUT2D eigenvalue weighted by molar-refractivity contribution is -0.118. The third-order valence-corrected chi connectivity index (χ3v) is 4.79. The van der Waals surface area contributed by atoms with Crippen molar-refractivity contribution in [2.45, 2.75) is 20.8 Å². The van der Waals surface area contributed by atoms with Crippen LogP contribution in [-0.4, -0.2) is 35.6 Å². The number of ether oxygens (including phenoxy) is 1. The molecule has 0 bridgehead atoms. The molecule has 0 saturated carbocycles. The van der Waals surface area contributed by atoms with Crippen molar-refractivity contribution in [3.05, 3.63) is 65.3 Å². The zero-order valence-corrected chi connectivity index (χ0v) is 18.6. The van der Waals surface area contributed by atoms with Crippen molar-refractivity contribution in [1.82, 2.24) is 9.97 Å². The zero-order valence-electron chi connectivity index (χ0n) is 17.9. The maximum Gasteiger partial charge on any atom is 0.262 e. The smallest absolute Gasteiger partial charge is 0.262 e. The fraction of sp³-hybridized carbons (Fsp3) is 0.261. The lowest BCUT2D eigenvalue weighted by Gasteiger charge is -2.20. The predicted octanol–water partition coefficient (Wildman–Crippen LogP) is 5.05. The van der Waals surface area contributed by atoms with Crippen molar-refractivity contribution >= 4 is 40.6 Å². The summed E-state index contributed by atoms with van der Waals surface area (Å²) in [7, 11) is 0. The van der Waals surface area contributed by atoms with Crippen LogP contribution < -0.4 is 20.3 Å². The molecule has 0 aliphatic rings. The Labute approximate surface area is 187 Å². The van der Waals surface area contributed by atoms with Crippen molar-refractivity contribution in [3.8, 4) is 5.75 Å². The van der Waals surface area contributed by atoms with Gasteiger partial charge in [0.2, 0.25) is 5.95 Å². The van der Waals surface area contributed by atoms with Crippen LogP contribution in [0, 0.1) is 6.92 Å². The average Bonchev–Trinajstić information content (AvgIpc) is 2.75. The maximum absolute atomic E-state index is 12.1. The first-order chi connectivity index (χ1) is 15.0. The maximum atomic E-state index is 12.1. The Bertz CT molecular complexity index is 1010. The molecule has 0 atom stereocenters. The van der Waals surface area contributed by atoms with Gasteiger partial charge in [-0.1, -0.05) is 11.6 Å². The molecule has 162 valence electrons. The summed E-state index contributed by atoms with van der Waals surface area (Å²) < 4.78 is 5.45. The third kappa shape index (κ3) is 6.58. The van der Waals surface area contributed by atoms with Gasteiger partial charge in [-0.15, -0.1) is 0 Å². The molecule has 0 unspecified atom stereocenters. The first kappa shape index (κ1) is 22.4. The topological polar surface area (TPSA) is 79.4 Å². The Morgan fingerprint density at radius 2 is 1.65 bits per heavy atom. The summed E-state index contributed by atoms with van der Waals surface area (Å²) in [6.45, 7) is 7.81. The van der Waals surface area contributed by atoms with E-state index in [1.165, 1.54) is 0 Å². The summed E-state index contributed by atoms with van der Waals surface area (Å²) in [5.41, 5.74) is 2.39. The first-order valence-electron chi connectivity index (χ1n) is 10.1. The minimum absolute atomic E-state index is 0.0904. The molecule has 0 saturated heterocycles. The van der Waals surface area contributed by atoms with E-state index in [2.05, 4.69) is 39.3 Å². The van der Waals surface area contributed by atoms with E-state index in [0.29, 0.717) is 22.4 Å². The average molecular weight is 440 g/mol. The second-order valence-corrected chi connectivity index (χ2v) is 7.29. The highest BCUT2D eigenvalue weighted by atomic mass is 35.5. The summed E-state index contributed by atoms with van der Waals surface area (Å²) >= 11 is 5.84. The molecule has 0 spiro atoms. The summed E-state index contributed by atoms with van der Waals surface area (Å²) in [4.78, 5) is 23.4. The van der Waals surface area contributed by atoms with Crippen LogP contribution in [0.15, 0.2) is 54.6 Å². The molecule has 31 heavy (non-hydrogen) atoms. The van der Waals surface area contributed by atoms with Crippen LogP contribution in [0.3, 0.4) is 0 Å². The van der Waals surface area contributed by atoms with Gasteiger partial charge in [-0.05, 0) is 69.3 Å². The van der Waals surface area contributed by atoms with Crippen LogP contribution in [-0.2, 0) is 4.79 Å². The second-order valence-electron chi connectivity index (χ2n) is 6.86. The van der Waals surface area contributed by atoms with Gasteiger partial charge in [0.1, 0.15) is 11.6 Å². The molecule has 0 fully saturated rings. The molecule has 1 aromatic heterocycles. The molecule has 1 amide bonds. The SMILES string of the molecule is CCN(CC)c1cc(C)nc(Nc2ccc(NC(=O)COc3ccc(Cl)cc3)cc2)n1. The van der Waals surface area contributed by atoms with Gasteiger partial charge in [-0.3, -0.25) is 4.79 Å². The van der Waals surface area contributed by atoms with E-state index in [-0.39, 0.29) is 12.5 Å². The summed E-state index contributed by atoms with van der Waals surface area (Å²) in [5.74, 6) is 1.77. The lowest BCUT2D eigenvalue weighted by Crippen LogP contribution is -2.23. The zero-order chi connectivity index (χ0) is 22.2. The van der Waals surface area contributed by atoms with E-state index < -0.39 is 0 Å². The van der Waals surface area contributed by atoms with Crippen molar-refractivity contribution in [1.29, 1.82) is 0 Å². The molecule has 2 N–H and O–H groups in total. The molecular formula is C23H26ClN5O2. The number of nitrogens with zero attached hydrogens (tertiary/aromatic N) is 3. The van der Waals surface area contributed by atoms with E-state index in [4.69, 9.17) is 16.3 Å². The lowest BCUT2D eigenvalue weighted by atomic mass is 10.3. The van der Waals surface area contributed by atoms with Gasteiger partial charge in [0.15, 0.2) is 6.61 Å². The highest BCUT2D eigenvalue weighted by molar-refractivity contribution is 6.30. The van der Waals surface area contributed by atoms with Gasteiger partial charge in [-0.2, -0.15) is 4.98 Å². The molecule has 2 aromatic carbocycles. The molecule has 0 aliphatic carbocycles. The number of anilines is 4. The minimum Gasteiger partial charge on any atom is -0.484 e. The first-order valence-corrected chi connectivity index (χ1v) is 10.5. The van der Waals surface area contributed by atoms with Crippen LogP contribution >= 0.6 is 11.6 Å². The number of rotatable bonds is 9. The number of aromatic nitrogens is 2. The molecule has 8 heteroatoms. The van der Waals surface area contributed by atoms with Crippen LogP contribution in [0.25, 0.3) is 0 Å². The second kappa shape index (κ2) is 10.6. The highest BCUT2D eigenvalue weighted by Gasteiger charge is 2.09. The molecule has 0 aliphatic heterocycles. The Kier molecular flexibility index (Phi) is 7.67. The van der Waals surface area contributed by atoms with E-state index in [0.717, 1.165) is 30.3 Å². The largest absolute Gasteiger partial charge is 0.484 e. The molecule has 1 heterocycles. The van der Waals surface area contributed by atoms with Gasteiger partial charge >= 0.3 is 0 Å². The summed E-state index contributed by atoms with van der Waals surface area (Å²) in [6.07, 6.45) is 0. The van der Waals surface area contributed by atoms with Gasteiger partial charge in [-0.25, -0.2) is 4.98 Å². The quantitative estimate of drug-likeness (QED) is 0.486. The number of hydrogen-bond acceptors (Lipinski definition) is 6. The van der Waals surface area contributed by atoms with Crippen LogP contribution in [0.5, 0.6) is 5.75 Å². The Balaban J connectivity index is 1.57. The summed E-state index contributed by atoms with van der Waals surface area (Å²) in [6, 6.07) is 16.2. The van der Waals surface area contributed by atoms with Crippen molar-refractivity contribution in [2.24, 2.45) is 0 Å². The fourth-order valence-corrected chi connectivity index (χ4v) is 3.09. The fourth-order valence-electron chi connectivity index (χ4n) is 2.96. The van der Waals surface area contributed by atoms with Crippen molar-refractivity contribution in [3.63, 3.8) is 0 Å². The van der Waals surface area contributed by atoms with Crippen LogP contribution in [0.2, 0.25) is 5.02 Å². The number of carbonyl (C=O) groups excluding carboxylic acids is 1. The van der Waals surface area contributed by atoms with E-state index in [9.17, 15) is 4.79 Å². The Morgan fingerprint density at radius 3 is 2.29 bits per heavy atom. The number of carbonyl (C=O) groups is 1. The molecule has 3 aromatic rings. The van der Waals surface area contributed by atoms with E-state index >= 15 is 0 Å². The van der Waals surface area contributed by atoms with Crippen LogP contribution in [0.1, 0.15) is 19.5 Å². The number of hydrogen-bond donors (Lipinski definition) is 2. The van der Waals surface area contributed by atoms with E-state index in [1.54, 1.807) is 24.3 Å². The normalized spacial score (nSPS) is 10.5. The monoisotopic (exact) mass is 439 g/mol. The number of benzene rings is 2. The Hall–Kier alpha value is -3.32. The molecule has 0 radical (unpaired) electrons. The summed E-state index contributed by atoms with van der Waals surface area (Å²) in [5, 5.41) is 6.65. The molecular weight excluding hydrogens is 414 g/mol. The Morgan fingerprint density at radius 1 is 1.00 bits per heavy atom. The molecule has 7 nitrogen and oxygen atoms in total. The number of halogens is 1. The highest BCUT2D eigenvalue weighted by Crippen LogP contribution is 2.20. The number of aryl methyl sites for hydroxylation is 1. The van der Waals surface area contributed by atoms with Crippen LogP contribution in [0.4, 0.5) is 23.1 Å². The van der Waals surface area contributed by atoms with Crippen molar-refractivity contribution < 1.29 is 9.53 Å². The standard InChI is InChI=1S/C23H26ClN5O2/c1-4-29(5-2)21-14-16(3)25-23(28-21)27-19-10-8-18(9-11-19)26-22(30)15-31-20-12-6-17(24)7-13-20/h6-14H,4-5,15H2,1-3H3,(H,26,30)(H,25,27,28). The number of nitrogens with one attached hydrogen (secondary N) is 2. The van der Waals surface area contributed by atoms with Gasteiger partial charge in [0.05, 0.1) is 0 Å². The number of amides is 1. The van der Waals surface area contributed by atoms with Gasteiger partial charge in [0.25, 0.3) is 5.91 Å². The van der Waals surface area contributed by atoms with Gasteiger partial charge in [0, 0.05) is 41.2 Å². The predicted molar refractivity (Wildman–Crippen MR) is 126 cm³/mol. The van der Waals surface area contributed by atoms with Gasteiger partial charge < -0.3 is 20.3 Å². The van der Waals surface area contributed by atoms with E-state index in [1.807, 2.05) is 37.3 Å².